The van der Waals surface area contributed by atoms with Gasteiger partial charge in [-0.2, -0.15) is 0 Å². The van der Waals surface area contributed by atoms with Crippen molar-refractivity contribution >= 4 is 23.9 Å². The minimum Gasteiger partial charge on any atom is -0.481 e. The van der Waals surface area contributed by atoms with Gasteiger partial charge in [-0.1, -0.05) is 12.2 Å². The van der Waals surface area contributed by atoms with Gasteiger partial charge in [0.2, 0.25) is 0 Å². The monoisotopic (exact) mass is 360 g/mol. The summed E-state index contributed by atoms with van der Waals surface area (Å²) in [6.07, 6.45) is -0.361. The average Bonchev–Trinajstić information content (AvgIpc) is 2.88. The summed E-state index contributed by atoms with van der Waals surface area (Å²) < 4.78 is 0. The number of nitrogens with two attached hydrogens (primary N) is 1. The van der Waals surface area contributed by atoms with Crippen LogP contribution in [0.1, 0.15) is 26.2 Å². The Bertz CT molecular complexity index is 512. The van der Waals surface area contributed by atoms with Gasteiger partial charge in [0, 0.05) is 18.9 Å². The fourth-order valence-corrected chi connectivity index (χ4v) is 2.46. The largest absolute Gasteiger partial charge is 0.481 e. The highest BCUT2D eigenvalue weighted by atomic mass is 16.4. The van der Waals surface area contributed by atoms with E-state index in [0.717, 1.165) is 5.57 Å². The number of aliphatic carboxylic acids is 4. The second-order valence-electron chi connectivity index (χ2n) is 5.82. The lowest BCUT2D eigenvalue weighted by molar-refractivity contribution is -0.143. The van der Waals surface area contributed by atoms with Gasteiger partial charge in [0.15, 0.2) is 0 Å². The van der Waals surface area contributed by atoms with Crippen LogP contribution < -0.4 is 11.1 Å². The summed E-state index contributed by atoms with van der Waals surface area (Å²) in [5.74, 6) is -4.64. The lowest BCUT2D eigenvalue weighted by Gasteiger charge is -2.19. The van der Waals surface area contributed by atoms with E-state index >= 15 is 0 Å². The normalized spacial score (nSPS) is 23.0. The molecule has 0 saturated carbocycles. The SMILES string of the molecule is C=C(C)[C@H]1CN[C@H](C(=O)O)[C@H]1CC(=O)O.NC(CCC(=O)O)C(=O)O. The summed E-state index contributed by atoms with van der Waals surface area (Å²) in [5.41, 5.74) is 5.83. The molecule has 1 aliphatic heterocycles. The molecule has 25 heavy (non-hydrogen) atoms. The Morgan fingerprint density at radius 2 is 1.72 bits per heavy atom. The van der Waals surface area contributed by atoms with E-state index in [4.69, 9.17) is 26.2 Å². The van der Waals surface area contributed by atoms with E-state index in [2.05, 4.69) is 11.9 Å². The number of carboxylic acid groups (broad SMARTS) is 4. The van der Waals surface area contributed by atoms with Crippen molar-refractivity contribution in [2.45, 2.75) is 38.3 Å². The zero-order valence-corrected chi connectivity index (χ0v) is 13.8. The van der Waals surface area contributed by atoms with Crippen molar-refractivity contribution < 1.29 is 39.6 Å². The molecule has 10 nitrogen and oxygen atoms in total. The zero-order chi connectivity index (χ0) is 19.7. The first-order valence-corrected chi connectivity index (χ1v) is 7.50. The van der Waals surface area contributed by atoms with Crippen LogP contribution in [0, 0.1) is 11.8 Å². The van der Waals surface area contributed by atoms with E-state index in [1.54, 1.807) is 6.92 Å². The summed E-state index contributed by atoms with van der Waals surface area (Å²) >= 11 is 0. The van der Waals surface area contributed by atoms with E-state index in [0.29, 0.717) is 6.54 Å². The lowest BCUT2D eigenvalue weighted by atomic mass is 9.84. The zero-order valence-electron chi connectivity index (χ0n) is 13.8. The second-order valence-corrected chi connectivity index (χ2v) is 5.82. The summed E-state index contributed by atoms with van der Waals surface area (Å²) in [5, 5.41) is 36.7. The first kappa shape index (κ1) is 22.5. The molecular formula is C15H24N2O8. The summed E-state index contributed by atoms with van der Waals surface area (Å²) in [6.45, 7) is 6.05. The molecule has 142 valence electrons. The predicted molar refractivity (Wildman–Crippen MR) is 86.0 cm³/mol. The maximum absolute atomic E-state index is 10.9. The molecule has 1 rings (SSSR count). The fraction of sp³-hybridized carbons (Fsp3) is 0.600. The number of carbonyl (C=O) groups is 4. The van der Waals surface area contributed by atoms with Crippen LogP contribution in [0.2, 0.25) is 0 Å². The van der Waals surface area contributed by atoms with Gasteiger partial charge >= 0.3 is 23.9 Å². The second kappa shape index (κ2) is 10.4. The van der Waals surface area contributed by atoms with E-state index in [1.807, 2.05) is 0 Å². The van der Waals surface area contributed by atoms with Gasteiger partial charge in [0.1, 0.15) is 12.1 Å². The molecule has 0 spiro atoms. The fourth-order valence-electron chi connectivity index (χ4n) is 2.46. The number of hydrogen-bond donors (Lipinski definition) is 6. The Hall–Kier alpha value is -2.46. The van der Waals surface area contributed by atoms with Crippen LogP contribution in [0.15, 0.2) is 12.2 Å². The molecule has 0 aliphatic carbocycles. The first-order valence-electron chi connectivity index (χ1n) is 7.50. The van der Waals surface area contributed by atoms with E-state index < -0.39 is 41.9 Å². The third kappa shape index (κ3) is 8.27. The van der Waals surface area contributed by atoms with Gasteiger partial charge in [-0.15, -0.1) is 0 Å². The molecule has 4 atom stereocenters. The summed E-state index contributed by atoms with van der Waals surface area (Å²) in [7, 11) is 0. The highest BCUT2D eigenvalue weighted by molar-refractivity contribution is 5.76. The molecule has 0 aromatic heterocycles. The van der Waals surface area contributed by atoms with Gasteiger partial charge in [0.25, 0.3) is 0 Å². The third-order valence-electron chi connectivity index (χ3n) is 3.80. The molecule has 10 heteroatoms. The molecule has 1 fully saturated rings. The van der Waals surface area contributed by atoms with Crippen LogP contribution in [0.25, 0.3) is 0 Å². The number of rotatable bonds is 8. The third-order valence-corrected chi connectivity index (χ3v) is 3.80. The van der Waals surface area contributed by atoms with Crippen molar-refractivity contribution in [2.24, 2.45) is 17.6 Å². The van der Waals surface area contributed by atoms with Gasteiger partial charge in [-0.25, -0.2) is 0 Å². The first-order chi connectivity index (χ1) is 11.5. The molecule has 1 heterocycles. The van der Waals surface area contributed by atoms with Gasteiger partial charge in [0.05, 0.1) is 6.42 Å². The molecule has 1 unspecified atom stereocenters. The standard InChI is InChI=1S/C10H15NO4.C5H9NO4/c1-5(2)7-4-11-9(10(14)15)6(7)3-8(12)13;6-3(5(9)10)1-2-4(7)8/h6-7,9,11H,1,3-4H2,2H3,(H,12,13)(H,14,15);3H,1-2,6H2,(H,7,8)(H,9,10)/t6-,7+,9-;/m0./s1. The van der Waals surface area contributed by atoms with Gasteiger partial charge in [-0.05, 0) is 19.3 Å². The molecule has 1 saturated heterocycles. The maximum Gasteiger partial charge on any atom is 0.321 e. The van der Waals surface area contributed by atoms with Crippen molar-refractivity contribution in [1.82, 2.24) is 5.32 Å². The quantitative estimate of drug-likeness (QED) is 0.310. The molecule has 0 aromatic rings. The van der Waals surface area contributed by atoms with Crippen molar-refractivity contribution in [3.05, 3.63) is 12.2 Å². The number of nitrogens with one attached hydrogen (secondary N) is 1. The lowest BCUT2D eigenvalue weighted by Crippen LogP contribution is -2.36. The van der Waals surface area contributed by atoms with Crippen LogP contribution >= 0.6 is 0 Å². The van der Waals surface area contributed by atoms with Crippen LogP contribution in [-0.4, -0.2) is 62.9 Å². The Kier molecular flexibility index (Phi) is 9.39. The molecular weight excluding hydrogens is 336 g/mol. The Labute approximate surface area is 144 Å². The van der Waals surface area contributed by atoms with Crippen LogP contribution in [0.5, 0.6) is 0 Å². The molecule has 0 amide bonds. The Balaban J connectivity index is 0.000000504. The number of hydrogen-bond acceptors (Lipinski definition) is 6. The van der Waals surface area contributed by atoms with Crippen LogP contribution in [0.4, 0.5) is 0 Å². The van der Waals surface area contributed by atoms with Crippen LogP contribution in [0.3, 0.4) is 0 Å². The molecule has 0 bridgehead atoms. The summed E-state index contributed by atoms with van der Waals surface area (Å²) in [4.78, 5) is 41.4. The van der Waals surface area contributed by atoms with Crippen molar-refractivity contribution in [1.29, 1.82) is 0 Å². The highest BCUT2D eigenvalue weighted by Gasteiger charge is 2.41. The molecule has 1 aliphatic rings. The minimum absolute atomic E-state index is 0.0231. The molecule has 0 radical (unpaired) electrons. The Morgan fingerprint density at radius 1 is 1.16 bits per heavy atom. The van der Waals surface area contributed by atoms with Crippen molar-refractivity contribution in [3.8, 4) is 0 Å². The minimum atomic E-state index is -1.17. The van der Waals surface area contributed by atoms with Gasteiger partial charge < -0.3 is 31.5 Å². The maximum atomic E-state index is 10.9. The predicted octanol–water partition coefficient (Wildman–Crippen LogP) is -0.411. The van der Waals surface area contributed by atoms with E-state index in [-0.39, 0.29) is 25.2 Å². The topological polar surface area (TPSA) is 187 Å². The summed E-state index contributed by atoms with van der Waals surface area (Å²) in [6, 6.07) is -1.83. The number of carboxylic acids is 4. The van der Waals surface area contributed by atoms with Crippen molar-refractivity contribution in [3.63, 3.8) is 0 Å². The van der Waals surface area contributed by atoms with Gasteiger partial charge in [-0.3, -0.25) is 19.2 Å². The average molecular weight is 360 g/mol. The molecule has 7 N–H and O–H groups in total. The highest BCUT2D eigenvalue weighted by Crippen LogP contribution is 2.30. The Morgan fingerprint density at radius 3 is 2.08 bits per heavy atom. The van der Waals surface area contributed by atoms with Crippen LogP contribution in [-0.2, 0) is 19.2 Å². The van der Waals surface area contributed by atoms with E-state index in [1.165, 1.54) is 0 Å². The smallest absolute Gasteiger partial charge is 0.321 e. The van der Waals surface area contributed by atoms with Crippen molar-refractivity contribution in [2.75, 3.05) is 6.54 Å². The molecule has 0 aromatic carbocycles. The van der Waals surface area contributed by atoms with E-state index in [9.17, 15) is 19.2 Å².